The molecule has 0 radical (unpaired) electrons. The largest absolute Gasteiger partial charge is 0.493 e. The zero-order valence-electron chi connectivity index (χ0n) is 19.7. The lowest BCUT2D eigenvalue weighted by Gasteiger charge is -2.27. The topological polar surface area (TPSA) is 93.9 Å². The molecule has 8 nitrogen and oxygen atoms in total. The van der Waals surface area contributed by atoms with Crippen LogP contribution in [0.25, 0.3) is 0 Å². The average Bonchev–Trinajstić information content (AvgIpc) is 3.02. The van der Waals surface area contributed by atoms with Crippen LogP contribution in [0.2, 0.25) is 0 Å². The Labute approximate surface area is 191 Å². The highest BCUT2D eigenvalue weighted by atomic mass is 32.2. The van der Waals surface area contributed by atoms with Crippen molar-refractivity contribution < 1.29 is 23.0 Å². The number of benzene rings is 1. The van der Waals surface area contributed by atoms with Crippen LogP contribution in [0.1, 0.15) is 43.6 Å². The number of aliphatic hydroxyl groups is 1. The van der Waals surface area contributed by atoms with Gasteiger partial charge in [-0.1, -0.05) is 13.8 Å². The molecule has 2 aromatic rings. The van der Waals surface area contributed by atoms with Gasteiger partial charge in [0.2, 0.25) is 0 Å². The lowest BCUT2D eigenvalue weighted by Crippen LogP contribution is -2.35. The summed E-state index contributed by atoms with van der Waals surface area (Å²) in [5.74, 6) is 1.03. The molecular weight excluding hydrogens is 430 g/mol. The minimum absolute atomic E-state index is 0.114. The predicted octanol–water partition coefficient (Wildman–Crippen LogP) is 3.19. The molecule has 1 saturated heterocycles. The van der Waals surface area contributed by atoms with E-state index in [0.717, 1.165) is 31.7 Å². The van der Waals surface area contributed by atoms with Crippen molar-refractivity contribution in [2.75, 3.05) is 30.7 Å². The smallest absolute Gasteiger partial charge is 0.264 e. The van der Waals surface area contributed by atoms with E-state index in [1.165, 1.54) is 10.4 Å². The second-order valence-electron chi connectivity index (χ2n) is 8.87. The monoisotopic (exact) mass is 465 g/mol. The minimum Gasteiger partial charge on any atom is -0.493 e. The molecule has 1 N–H and O–H groups in total. The van der Waals surface area contributed by atoms with Crippen LogP contribution < -0.4 is 9.04 Å². The third-order valence-electron chi connectivity index (χ3n) is 5.86. The van der Waals surface area contributed by atoms with E-state index >= 15 is 0 Å². The summed E-state index contributed by atoms with van der Waals surface area (Å²) in [6.07, 6.45) is 1.88. The van der Waals surface area contributed by atoms with Crippen LogP contribution in [0.4, 0.5) is 5.69 Å². The lowest BCUT2D eigenvalue weighted by atomic mass is 10.0. The van der Waals surface area contributed by atoms with Gasteiger partial charge < -0.3 is 14.6 Å². The van der Waals surface area contributed by atoms with Gasteiger partial charge in [-0.3, -0.25) is 8.99 Å². The van der Waals surface area contributed by atoms with E-state index in [1.54, 1.807) is 23.9 Å². The molecule has 0 bridgehead atoms. The Morgan fingerprint density at radius 1 is 1.28 bits per heavy atom. The second kappa shape index (κ2) is 10.2. The summed E-state index contributed by atoms with van der Waals surface area (Å²) in [7, 11) is -2.06. The summed E-state index contributed by atoms with van der Waals surface area (Å²) in [5.41, 5.74) is 2.51. The SMILES string of the molecule is Cc1nn(C)c(C)c1N(CC(C)C)S(=O)(=O)c1ccc(OCC2CCOCC2)c(CO)c1. The number of hydrogen-bond donors (Lipinski definition) is 1. The first-order chi connectivity index (χ1) is 15.1. The maximum absolute atomic E-state index is 13.7. The summed E-state index contributed by atoms with van der Waals surface area (Å²) < 4.78 is 41.9. The third kappa shape index (κ3) is 5.27. The Morgan fingerprint density at radius 2 is 1.97 bits per heavy atom. The van der Waals surface area contributed by atoms with E-state index in [1.807, 2.05) is 27.7 Å². The number of rotatable bonds is 9. The van der Waals surface area contributed by atoms with Gasteiger partial charge in [0.15, 0.2) is 0 Å². The van der Waals surface area contributed by atoms with Crippen LogP contribution >= 0.6 is 0 Å². The summed E-state index contributed by atoms with van der Waals surface area (Å²) >= 11 is 0. The molecule has 2 heterocycles. The molecule has 3 rings (SSSR count). The number of anilines is 1. The number of hydrogen-bond acceptors (Lipinski definition) is 6. The van der Waals surface area contributed by atoms with Gasteiger partial charge in [-0.2, -0.15) is 5.10 Å². The van der Waals surface area contributed by atoms with Gasteiger partial charge in [-0.25, -0.2) is 8.42 Å². The quantitative estimate of drug-likeness (QED) is 0.611. The van der Waals surface area contributed by atoms with E-state index in [0.29, 0.717) is 41.8 Å². The van der Waals surface area contributed by atoms with Crippen molar-refractivity contribution >= 4 is 15.7 Å². The van der Waals surface area contributed by atoms with Crippen molar-refractivity contribution in [3.05, 3.63) is 35.2 Å². The molecule has 0 atom stereocenters. The summed E-state index contributed by atoms with van der Waals surface area (Å²) in [6.45, 7) is 9.66. The van der Waals surface area contributed by atoms with Crippen LogP contribution in [-0.4, -0.2) is 49.7 Å². The van der Waals surface area contributed by atoms with Gasteiger partial charge in [-0.05, 0) is 56.7 Å². The van der Waals surface area contributed by atoms with Crippen molar-refractivity contribution in [2.24, 2.45) is 18.9 Å². The Morgan fingerprint density at radius 3 is 2.53 bits per heavy atom. The molecule has 9 heteroatoms. The van der Waals surface area contributed by atoms with E-state index in [4.69, 9.17) is 9.47 Å². The van der Waals surface area contributed by atoms with Crippen LogP contribution in [0, 0.1) is 25.7 Å². The van der Waals surface area contributed by atoms with E-state index in [2.05, 4.69) is 5.10 Å². The highest BCUT2D eigenvalue weighted by Gasteiger charge is 2.30. The molecule has 1 fully saturated rings. The molecule has 1 aliphatic rings. The van der Waals surface area contributed by atoms with Crippen molar-refractivity contribution in [1.82, 2.24) is 9.78 Å². The van der Waals surface area contributed by atoms with Gasteiger partial charge in [0.1, 0.15) is 5.75 Å². The van der Waals surface area contributed by atoms with E-state index in [-0.39, 0.29) is 17.4 Å². The fourth-order valence-electron chi connectivity index (χ4n) is 3.99. The minimum atomic E-state index is -3.87. The maximum atomic E-state index is 13.7. The normalized spacial score (nSPS) is 15.3. The van der Waals surface area contributed by atoms with Gasteiger partial charge in [0.05, 0.1) is 35.2 Å². The Balaban J connectivity index is 1.92. The van der Waals surface area contributed by atoms with Gasteiger partial charge >= 0.3 is 0 Å². The Kier molecular flexibility index (Phi) is 7.84. The van der Waals surface area contributed by atoms with Gasteiger partial charge in [0.25, 0.3) is 10.0 Å². The molecule has 0 aliphatic carbocycles. The zero-order chi connectivity index (χ0) is 23.5. The first-order valence-electron chi connectivity index (χ1n) is 11.1. The number of aromatic nitrogens is 2. The van der Waals surface area contributed by atoms with E-state index < -0.39 is 10.0 Å². The molecule has 1 aromatic heterocycles. The molecule has 1 aliphatic heterocycles. The molecule has 0 amide bonds. The molecule has 32 heavy (non-hydrogen) atoms. The van der Waals surface area contributed by atoms with Crippen molar-refractivity contribution in [2.45, 2.75) is 52.0 Å². The van der Waals surface area contributed by atoms with Gasteiger partial charge in [-0.15, -0.1) is 0 Å². The number of sulfonamides is 1. The van der Waals surface area contributed by atoms with Crippen LogP contribution in [0.5, 0.6) is 5.75 Å². The average molecular weight is 466 g/mol. The summed E-state index contributed by atoms with van der Waals surface area (Å²) in [5, 5.41) is 14.3. The summed E-state index contributed by atoms with van der Waals surface area (Å²) in [4.78, 5) is 0.128. The van der Waals surface area contributed by atoms with Gasteiger partial charge in [0, 0.05) is 32.4 Å². The van der Waals surface area contributed by atoms with Crippen LogP contribution in [-0.2, 0) is 28.4 Å². The van der Waals surface area contributed by atoms with Crippen molar-refractivity contribution in [3.8, 4) is 5.75 Å². The molecule has 0 unspecified atom stereocenters. The summed E-state index contributed by atoms with van der Waals surface area (Å²) in [6, 6.07) is 4.72. The zero-order valence-corrected chi connectivity index (χ0v) is 20.5. The molecule has 1 aromatic carbocycles. The van der Waals surface area contributed by atoms with Crippen molar-refractivity contribution in [3.63, 3.8) is 0 Å². The van der Waals surface area contributed by atoms with E-state index in [9.17, 15) is 13.5 Å². The standard InChI is InChI=1S/C23H35N3O5S/c1-16(2)13-26(23-17(3)24-25(5)18(23)4)32(28,29)21-6-7-22(20(12-21)14-27)31-15-19-8-10-30-11-9-19/h6-7,12,16,19,27H,8-11,13-15H2,1-5H3. The Bertz CT molecular complexity index is 1030. The van der Waals surface area contributed by atoms with Crippen molar-refractivity contribution in [1.29, 1.82) is 0 Å². The second-order valence-corrected chi connectivity index (χ2v) is 10.7. The molecule has 0 spiro atoms. The first-order valence-corrected chi connectivity index (χ1v) is 12.6. The fraction of sp³-hybridized carbons (Fsp3) is 0.609. The van der Waals surface area contributed by atoms with Crippen LogP contribution in [0.15, 0.2) is 23.1 Å². The molecular formula is C23H35N3O5S. The maximum Gasteiger partial charge on any atom is 0.264 e. The predicted molar refractivity (Wildman–Crippen MR) is 123 cm³/mol. The Hall–Kier alpha value is -2.10. The lowest BCUT2D eigenvalue weighted by molar-refractivity contribution is 0.0494. The highest BCUT2D eigenvalue weighted by Crippen LogP contribution is 2.32. The number of nitrogens with zero attached hydrogens (tertiary/aromatic N) is 3. The molecule has 178 valence electrons. The fourth-order valence-corrected chi connectivity index (χ4v) is 5.78. The number of ether oxygens (including phenoxy) is 2. The van der Waals surface area contributed by atoms with Crippen LogP contribution in [0.3, 0.4) is 0 Å². The number of aryl methyl sites for hydroxylation is 2. The first kappa shape index (κ1) is 24.5. The number of aliphatic hydroxyl groups excluding tert-OH is 1. The third-order valence-corrected chi connectivity index (χ3v) is 7.62. The molecule has 0 saturated carbocycles. The highest BCUT2D eigenvalue weighted by molar-refractivity contribution is 7.92.